The topological polar surface area (TPSA) is 59.0 Å². The van der Waals surface area contributed by atoms with Crippen LogP contribution in [0.25, 0.3) is 0 Å². The highest BCUT2D eigenvalue weighted by molar-refractivity contribution is 5.97. The predicted molar refractivity (Wildman–Crippen MR) is 98.8 cm³/mol. The summed E-state index contributed by atoms with van der Waals surface area (Å²) in [6, 6.07) is 3.59. The number of nitrogens with zero attached hydrogens (tertiary/aromatic N) is 1. The van der Waals surface area contributed by atoms with Crippen molar-refractivity contribution in [3.8, 4) is 11.5 Å². The molecule has 5 nitrogen and oxygen atoms in total. The fraction of sp³-hybridized carbons (Fsp3) is 0.667. The Balaban J connectivity index is 1.74. The van der Waals surface area contributed by atoms with E-state index in [-0.39, 0.29) is 23.2 Å². The van der Waals surface area contributed by atoms with E-state index in [2.05, 4.69) is 20.8 Å². The molecule has 0 aromatic heterocycles. The van der Waals surface area contributed by atoms with E-state index >= 15 is 0 Å². The molecule has 3 atom stereocenters. The molecule has 1 saturated carbocycles. The Bertz CT molecular complexity index is 708. The van der Waals surface area contributed by atoms with Gasteiger partial charge in [-0.05, 0) is 50.7 Å². The van der Waals surface area contributed by atoms with Gasteiger partial charge in [0.2, 0.25) is 0 Å². The Morgan fingerprint density at radius 3 is 2.69 bits per heavy atom. The highest BCUT2D eigenvalue weighted by Crippen LogP contribution is 2.55. The van der Waals surface area contributed by atoms with E-state index in [1.165, 1.54) is 6.42 Å². The lowest BCUT2D eigenvalue weighted by molar-refractivity contribution is -0.0146. The van der Waals surface area contributed by atoms with E-state index in [4.69, 9.17) is 9.47 Å². The van der Waals surface area contributed by atoms with E-state index in [0.29, 0.717) is 43.7 Å². The van der Waals surface area contributed by atoms with Crippen LogP contribution in [0.3, 0.4) is 0 Å². The molecular weight excluding hydrogens is 330 g/mol. The van der Waals surface area contributed by atoms with Gasteiger partial charge in [-0.1, -0.05) is 13.3 Å². The summed E-state index contributed by atoms with van der Waals surface area (Å²) in [5.74, 6) is 1.98. The summed E-state index contributed by atoms with van der Waals surface area (Å²) >= 11 is 0. The van der Waals surface area contributed by atoms with E-state index in [1.807, 2.05) is 6.07 Å². The van der Waals surface area contributed by atoms with Gasteiger partial charge < -0.3 is 19.5 Å². The van der Waals surface area contributed by atoms with Gasteiger partial charge in [-0.15, -0.1) is 0 Å². The number of ether oxygens (including phenoxy) is 2. The molecule has 0 radical (unpaired) electrons. The van der Waals surface area contributed by atoms with Crippen molar-refractivity contribution in [2.45, 2.75) is 51.6 Å². The third-order valence-electron chi connectivity index (χ3n) is 6.46. The molecule has 2 aliphatic heterocycles. The number of fused-ring (bicyclic) bond motifs is 3. The number of hydrogen-bond donors (Lipinski definition) is 1. The van der Waals surface area contributed by atoms with Crippen LogP contribution in [0.1, 0.15) is 61.9 Å². The molecule has 2 heterocycles. The molecule has 4 rings (SSSR count). The zero-order valence-electron chi connectivity index (χ0n) is 16.0. The molecule has 26 heavy (non-hydrogen) atoms. The summed E-state index contributed by atoms with van der Waals surface area (Å²) in [6.07, 6.45) is 3.32. The SMILES string of the molecule is C[C@@H]1CC[C@@H]2[C@@H](C1)c1c(ccc(C(=O)N3CCOCC3)c1O)OC2(C)C. The van der Waals surface area contributed by atoms with Crippen LogP contribution < -0.4 is 4.74 Å². The fourth-order valence-electron chi connectivity index (χ4n) is 5.04. The molecule has 0 spiro atoms. The van der Waals surface area contributed by atoms with Crippen LogP contribution in [0.5, 0.6) is 11.5 Å². The number of aromatic hydroxyl groups is 1. The lowest BCUT2D eigenvalue weighted by atomic mass is 9.64. The lowest BCUT2D eigenvalue weighted by Gasteiger charge is -2.49. The molecule has 5 heteroatoms. The third kappa shape index (κ3) is 2.86. The maximum Gasteiger partial charge on any atom is 0.257 e. The van der Waals surface area contributed by atoms with Gasteiger partial charge in [0.25, 0.3) is 5.91 Å². The second kappa shape index (κ2) is 6.45. The minimum atomic E-state index is -0.250. The molecule has 0 bridgehead atoms. The van der Waals surface area contributed by atoms with Gasteiger partial charge in [0.15, 0.2) is 0 Å². The zero-order valence-corrected chi connectivity index (χ0v) is 16.0. The van der Waals surface area contributed by atoms with Crippen LogP contribution in [0.15, 0.2) is 12.1 Å². The minimum absolute atomic E-state index is 0.112. The van der Waals surface area contributed by atoms with Crippen LogP contribution >= 0.6 is 0 Å². The molecule has 142 valence electrons. The van der Waals surface area contributed by atoms with Crippen LogP contribution in [0.2, 0.25) is 0 Å². The van der Waals surface area contributed by atoms with Crippen LogP contribution in [-0.2, 0) is 4.74 Å². The quantitative estimate of drug-likeness (QED) is 0.833. The summed E-state index contributed by atoms with van der Waals surface area (Å²) in [6.45, 7) is 8.82. The smallest absolute Gasteiger partial charge is 0.257 e. The van der Waals surface area contributed by atoms with Crippen molar-refractivity contribution in [2.24, 2.45) is 11.8 Å². The third-order valence-corrected chi connectivity index (χ3v) is 6.46. The van der Waals surface area contributed by atoms with Crippen molar-refractivity contribution >= 4 is 5.91 Å². The Morgan fingerprint density at radius 1 is 1.23 bits per heavy atom. The first-order valence-corrected chi connectivity index (χ1v) is 9.80. The van der Waals surface area contributed by atoms with Gasteiger partial charge in [-0.2, -0.15) is 0 Å². The van der Waals surface area contributed by atoms with E-state index < -0.39 is 0 Å². The van der Waals surface area contributed by atoms with Gasteiger partial charge >= 0.3 is 0 Å². The molecule has 2 fully saturated rings. The molecule has 1 aliphatic carbocycles. The highest BCUT2D eigenvalue weighted by atomic mass is 16.5. The Kier molecular flexibility index (Phi) is 4.38. The summed E-state index contributed by atoms with van der Waals surface area (Å²) in [4.78, 5) is 14.7. The van der Waals surface area contributed by atoms with E-state index in [0.717, 1.165) is 24.2 Å². The van der Waals surface area contributed by atoms with E-state index in [9.17, 15) is 9.90 Å². The van der Waals surface area contributed by atoms with Crippen molar-refractivity contribution in [3.63, 3.8) is 0 Å². The second-order valence-corrected chi connectivity index (χ2v) is 8.61. The number of phenolic OH excluding ortho intramolecular Hbond substituents is 1. The van der Waals surface area contributed by atoms with E-state index in [1.54, 1.807) is 11.0 Å². The minimum Gasteiger partial charge on any atom is -0.507 e. The molecule has 0 unspecified atom stereocenters. The Morgan fingerprint density at radius 2 is 1.96 bits per heavy atom. The monoisotopic (exact) mass is 359 g/mol. The molecule has 1 saturated heterocycles. The number of carbonyl (C=O) groups excluding carboxylic acids is 1. The van der Waals surface area contributed by atoms with Gasteiger partial charge in [-0.3, -0.25) is 4.79 Å². The number of amides is 1. The number of phenols is 1. The van der Waals surface area contributed by atoms with Gasteiger partial charge in [0.1, 0.15) is 17.1 Å². The van der Waals surface area contributed by atoms with Gasteiger partial charge in [-0.25, -0.2) is 0 Å². The molecule has 1 amide bonds. The summed E-state index contributed by atoms with van der Waals surface area (Å²) in [5, 5.41) is 11.1. The molecule has 3 aliphatic rings. The van der Waals surface area contributed by atoms with Gasteiger partial charge in [0, 0.05) is 24.6 Å². The van der Waals surface area contributed by atoms with Crippen LogP contribution in [0, 0.1) is 11.8 Å². The molecule has 1 aromatic carbocycles. The first-order valence-electron chi connectivity index (χ1n) is 9.80. The largest absolute Gasteiger partial charge is 0.507 e. The van der Waals surface area contributed by atoms with Crippen LogP contribution in [-0.4, -0.2) is 47.8 Å². The number of hydrogen-bond acceptors (Lipinski definition) is 4. The average molecular weight is 359 g/mol. The first-order chi connectivity index (χ1) is 12.4. The normalized spacial score (nSPS) is 30.1. The first kappa shape index (κ1) is 17.7. The maximum absolute atomic E-state index is 12.9. The summed E-state index contributed by atoms with van der Waals surface area (Å²) < 4.78 is 11.6. The molecule has 1 aromatic rings. The van der Waals surface area contributed by atoms with Gasteiger partial charge in [0.05, 0.1) is 18.8 Å². The number of carbonyl (C=O) groups is 1. The number of benzene rings is 1. The highest BCUT2D eigenvalue weighted by Gasteiger charge is 2.47. The predicted octanol–water partition coefficient (Wildman–Crippen LogP) is 3.56. The fourth-order valence-corrected chi connectivity index (χ4v) is 5.04. The average Bonchev–Trinajstić information content (AvgIpc) is 2.61. The lowest BCUT2D eigenvalue weighted by Crippen LogP contribution is -2.47. The standard InChI is InChI=1S/C21H29NO4/c1-13-4-6-16-15(12-13)18-17(26-21(16,2)3)7-5-14(19(18)23)20(24)22-8-10-25-11-9-22/h5,7,13,15-16,23H,4,6,8-12H2,1-3H3/t13-,15-,16-/m1/s1. The van der Waals surface area contributed by atoms with Crippen molar-refractivity contribution in [1.29, 1.82) is 0 Å². The molecular formula is C21H29NO4. The summed E-state index contributed by atoms with van der Waals surface area (Å²) in [5.41, 5.74) is 0.992. The Labute approximate surface area is 155 Å². The Hall–Kier alpha value is -1.75. The van der Waals surface area contributed by atoms with Crippen LogP contribution in [0.4, 0.5) is 0 Å². The number of rotatable bonds is 1. The second-order valence-electron chi connectivity index (χ2n) is 8.61. The van der Waals surface area contributed by atoms with Crippen molar-refractivity contribution in [1.82, 2.24) is 4.90 Å². The van der Waals surface area contributed by atoms with Crippen molar-refractivity contribution < 1.29 is 19.4 Å². The molecule has 1 N–H and O–H groups in total. The van der Waals surface area contributed by atoms with Crippen molar-refractivity contribution in [2.75, 3.05) is 26.3 Å². The summed E-state index contributed by atoms with van der Waals surface area (Å²) in [7, 11) is 0. The van der Waals surface area contributed by atoms with Crippen molar-refractivity contribution in [3.05, 3.63) is 23.3 Å². The maximum atomic E-state index is 12.9. The number of morpholine rings is 1. The zero-order chi connectivity index (χ0) is 18.5.